The first-order chi connectivity index (χ1) is 15.8. The maximum absolute atomic E-state index is 11.4. The molecule has 4 N–H and O–H groups in total. The number of rotatable bonds is 10. The summed E-state index contributed by atoms with van der Waals surface area (Å²) in [6, 6.07) is 8.25. The van der Waals surface area contributed by atoms with Crippen molar-refractivity contribution in [2.45, 2.75) is 32.2 Å². The Balaban J connectivity index is 2.02. The summed E-state index contributed by atoms with van der Waals surface area (Å²) in [5, 5.41) is 25.5. The van der Waals surface area contributed by atoms with Crippen molar-refractivity contribution in [1.29, 1.82) is 0 Å². The standard InChI is InChI=1S/C23H37N5O4S/c1-3-4-9-24-23(33)25-19-7-5-18(6-8-19)14-20-15-28(17-22(31)32)13-12-27(16-21(29)30)11-10-26(20)2/h5-8,20H,3-4,9-17H2,1-2H3,(H,29,30)(H,31,32)(H2,24,25,33). The summed E-state index contributed by atoms with van der Waals surface area (Å²) in [4.78, 5) is 28.5. The zero-order valence-electron chi connectivity index (χ0n) is 19.6. The van der Waals surface area contributed by atoms with E-state index in [0.717, 1.165) is 43.6 Å². The van der Waals surface area contributed by atoms with Crippen molar-refractivity contribution in [3.63, 3.8) is 0 Å². The molecule has 0 saturated carbocycles. The molecule has 0 aromatic heterocycles. The van der Waals surface area contributed by atoms with E-state index in [4.69, 9.17) is 12.2 Å². The SMILES string of the molecule is CCCCNC(=S)Nc1ccc(CC2CN(CC(=O)O)CCN(CC(=O)O)CCN2C)cc1. The quantitative estimate of drug-likeness (QED) is 0.290. The second-order valence-corrected chi connectivity index (χ2v) is 8.98. The van der Waals surface area contributed by atoms with Gasteiger partial charge in [0.05, 0.1) is 13.1 Å². The third-order valence-corrected chi connectivity index (χ3v) is 6.06. The first-order valence-electron chi connectivity index (χ1n) is 11.5. The summed E-state index contributed by atoms with van der Waals surface area (Å²) in [7, 11) is 2.02. The van der Waals surface area contributed by atoms with E-state index in [1.165, 1.54) is 0 Å². The number of hydrogen-bond acceptors (Lipinski definition) is 6. The zero-order valence-corrected chi connectivity index (χ0v) is 20.4. The Morgan fingerprint density at radius 3 is 2.27 bits per heavy atom. The van der Waals surface area contributed by atoms with Gasteiger partial charge in [-0.15, -0.1) is 0 Å². The molecule has 184 valence electrons. The Labute approximate surface area is 201 Å². The third-order valence-electron chi connectivity index (χ3n) is 5.81. The number of nitrogens with zero attached hydrogens (tertiary/aromatic N) is 3. The number of nitrogens with one attached hydrogen (secondary N) is 2. The van der Waals surface area contributed by atoms with Gasteiger partial charge in [0, 0.05) is 51.0 Å². The Morgan fingerprint density at radius 1 is 1.03 bits per heavy atom. The fraction of sp³-hybridized carbons (Fsp3) is 0.609. The molecular formula is C23H37N5O4S. The Kier molecular flexibility index (Phi) is 11.5. The van der Waals surface area contributed by atoms with Crippen LogP contribution in [0.15, 0.2) is 24.3 Å². The lowest BCUT2D eigenvalue weighted by Gasteiger charge is -2.31. The van der Waals surface area contributed by atoms with Crippen molar-refractivity contribution in [1.82, 2.24) is 20.0 Å². The zero-order chi connectivity index (χ0) is 24.2. The lowest BCUT2D eigenvalue weighted by Crippen LogP contribution is -2.45. The summed E-state index contributed by atoms with van der Waals surface area (Å²) in [5.74, 6) is -1.74. The highest BCUT2D eigenvalue weighted by Gasteiger charge is 2.24. The van der Waals surface area contributed by atoms with Crippen molar-refractivity contribution in [3.05, 3.63) is 29.8 Å². The molecule has 0 aliphatic carbocycles. The minimum absolute atomic E-state index is 0.0386. The lowest BCUT2D eigenvalue weighted by molar-refractivity contribution is -0.140. The van der Waals surface area contributed by atoms with Crippen LogP contribution in [-0.2, 0) is 16.0 Å². The van der Waals surface area contributed by atoms with Crippen LogP contribution >= 0.6 is 12.2 Å². The van der Waals surface area contributed by atoms with Gasteiger partial charge in [-0.05, 0) is 49.8 Å². The number of unbranched alkanes of at least 4 members (excludes halogenated alkanes) is 1. The van der Waals surface area contributed by atoms with Crippen LogP contribution in [0.1, 0.15) is 25.3 Å². The maximum atomic E-state index is 11.4. The second-order valence-electron chi connectivity index (χ2n) is 8.57. The number of aliphatic carboxylic acids is 2. The van der Waals surface area contributed by atoms with Crippen LogP contribution in [-0.4, -0.2) is 107 Å². The van der Waals surface area contributed by atoms with Crippen molar-refractivity contribution in [2.75, 3.05) is 64.7 Å². The number of benzene rings is 1. The highest BCUT2D eigenvalue weighted by atomic mass is 32.1. The van der Waals surface area contributed by atoms with E-state index < -0.39 is 11.9 Å². The van der Waals surface area contributed by atoms with Crippen LogP contribution < -0.4 is 10.6 Å². The molecule has 2 rings (SSSR count). The topological polar surface area (TPSA) is 108 Å². The molecule has 0 amide bonds. The molecule has 1 aromatic carbocycles. The summed E-state index contributed by atoms with van der Waals surface area (Å²) < 4.78 is 0. The average molecular weight is 480 g/mol. The van der Waals surface area contributed by atoms with Crippen LogP contribution in [0.2, 0.25) is 0 Å². The number of thiocarbonyl (C=S) groups is 1. The van der Waals surface area contributed by atoms with Crippen LogP contribution in [0.25, 0.3) is 0 Å². The van der Waals surface area contributed by atoms with E-state index in [9.17, 15) is 19.8 Å². The van der Waals surface area contributed by atoms with Gasteiger partial charge in [0.2, 0.25) is 0 Å². The lowest BCUT2D eigenvalue weighted by atomic mass is 10.0. The first-order valence-corrected chi connectivity index (χ1v) is 11.9. The van der Waals surface area contributed by atoms with Gasteiger partial charge in [-0.3, -0.25) is 19.4 Å². The molecule has 0 bridgehead atoms. The molecule has 9 nitrogen and oxygen atoms in total. The predicted octanol–water partition coefficient (Wildman–Crippen LogP) is 1.40. The van der Waals surface area contributed by atoms with E-state index >= 15 is 0 Å². The number of likely N-dealkylation sites (N-methyl/N-ethyl adjacent to an activating group) is 1. The van der Waals surface area contributed by atoms with Crippen LogP contribution in [0.5, 0.6) is 0 Å². The van der Waals surface area contributed by atoms with E-state index in [-0.39, 0.29) is 19.1 Å². The van der Waals surface area contributed by atoms with E-state index in [1.807, 2.05) is 29.0 Å². The number of anilines is 1. The van der Waals surface area contributed by atoms with Gasteiger partial charge in [0.25, 0.3) is 0 Å². The summed E-state index contributed by atoms with van der Waals surface area (Å²) in [6.45, 7) is 5.91. The van der Waals surface area contributed by atoms with Gasteiger partial charge in [-0.1, -0.05) is 25.5 Å². The van der Waals surface area contributed by atoms with Crippen LogP contribution in [0.3, 0.4) is 0 Å². The Bertz CT molecular complexity index is 777. The Morgan fingerprint density at radius 2 is 1.64 bits per heavy atom. The minimum atomic E-state index is -0.876. The second kappa shape index (κ2) is 14.1. The van der Waals surface area contributed by atoms with Crippen molar-refractivity contribution < 1.29 is 19.8 Å². The smallest absolute Gasteiger partial charge is 0.317 e. The van der Waals surface area contributed by atoms with Gasteiger partial charge in [0.15, 0.2) is 5.11 Å². The van der Waals surface area contributed by atoms with Gasteiger partial charge >= 0.3 is 11.9 Å². The maximum Gasteiger partial charge on any atom is 0.317 e. The van der Waals surface area contributed by atoms with Gasteiger partial charge in [-0.25, -0.2) is 0 Å². The number of carbonyl (C=O) groups is 2. The molecule has 1 aliphatic heterocycles. The van der Waals surface area contributed by atoms with E-state index in [1.54, 1.807) is 0 Å². The first kappa shape index (κ1) is 27.0. The summed E-state index contributed by atoms with van der Waals surface area (Å²) >= 11 is 5.33. The van der Waals surface area contributed by atoms with Crippen molar-refractivity contribution in [3.8, 4) is 0 Å². The third kappa shape index (κ3) is 10.5. The molecule has 0 radical (unpaired) electrons. The predicted molar refractivity (Wildman–Crippen MR) is 134 cm³/mol. The fourth-order valence-electron chi connectivity index (χ4n) is 3.86. The summed E-state index contributed by atoms with van der Waals surface area (Å²) in [5.41, 5.74) is 2.08. The largest absolute Gasteiger partial charge is 0.480 e. The number of carboxylic acids is 2. The highest BCUT2D eigenvalue weighted by molar-refractivity contribution is 7.80. The molecule has 0 spiro atoms. The molecule has 33 heavy (non-hydrogen) atoms. The number of hydrogen-bond donors (Lipinski definition) is 4. The molecule has 10 heteroatoms. The highest BCUT2D eigenvalue weighted by Crippen LogP contribution is 2.15. The molecular weight excluding hydrogens is 442 g/mol. The monoisotopic (exact) mass is 479 g/mol. The molecule has 1 unspecified atom stereocenters. The average Bonchev–Trinajstić information content (AvgIpc) is 2.81. The van der Waals surface area contributed by atoms with Gasteiger partial charge in [0.1, 0.15) is 0 Å². The van der Waals surface area contributed by atoms with Crippen molar-refractivity contribution >= 4 is 35.0 Å². The van der Waals surface area contributed by atoms with Crippen molar-refractivity contribution in [2.24, 2.45) is 0 Å². The molecule has 1 aromatic rings. The Hall–Kier alpha value is -2.27. The van der Waals surface area contributed by atoms with Gasteiger partial charge < -0.3 is 25.7 Å². The van der Waals surface area contributed by atoms with Crippen LogP contribution in [0, 0.1) is 0 Å². The number of carboxylic acid groups (broad SMARTS) is 2. The molecule has 1 aliphatic rings. The van der Waals surface area contributed by atoms with Gasteiger partial charge in [-0.2, -0.15) is 0 Å². The molecule has 1 atom stereocenters. The van der Waals surface area contributed by atoms with E-state index in [0.29, 0.717) is 31.3 Å². The normalized spacial score (nSPS) is 18.7. The van der Waals surface area contributed by atoms with Crippen LogP contribution in [0.4, 0.5) is 5.69 Å². The summed E-state index contributed by atoms with van der Waals surface area (Å²) in [6.07, 6.45) is 2.95. The van der Waals surface area contributed by atoms with E-state index in [2.05, 4.69) is 34.6 Å². The fourth-order valence-corrected chi connectivity index (χ4v) is 4.08. The molecule has 1 heterocycles. The molecule has 1 saturated heterocycles. The molecule has 1 fully saturated rings. The minimum Gasteiger partial charge on any atom is -0.480 e.